The van der Waals surface area contributed by atoms with Crippen LogP contribution in [0.15, 0.2) is 35.5 Å². The Labute approximate surface area is 183 Å². The van der Waals surface area contributed by atoms with Crippen molar-refractivity contribution in [3.05, 3.63) is 36.3 Å². The summed E-state index contributed by atoms with van der Waals surface area (Å²) >= 11 is 0. The molecule has 3 aromatic rings. The summed E-state index contributed by atoms with van der Waals surface area (Å²) in [4.78, 5) is 24.7. The monoisotopic (exact) mass is 452 g/mol. The van der Waals surface area contributed by atoms with Crippen molar-refractivity contribution in [1.29, 1.82) is 5.26 Å². The average molecular weight is 452 g/mol. The molecule has 1 saturated carbocycles. The Bertz CT molecular complexity index is 1450. The van der Waals surface area contributed by atoms with Gasteiger partial charge >= 0.3 is 6.09 Å². The number of rotatable bonds is 4. The first kappa shape index (κ1) is 20.4. The second kappa shape index (κ2) is 7.01. The van der Waals surface area contributed by atoms with Crippen LogP contribution in [-0.4, -0.2) is 57.6 Å². The average Bonchev–Trinajstić information content (AvgIpc) is 3.42. The van der Waals surface area contributed by atoms with Crippen molar-refractivity contribution in [1.82, 2.24) is 24.6 Å². The van der Waals surface area contributed by atoms with Crippen molar-refractivity contribution in [3.8, 4) is 6.07 Å². The van der Waals surface area contributed by atoms with Crippen LogP contribution < -0.4 is 4.72 Å². The predicted octanol–water partition coefficient (Wildman–Crippen LogP) is 2.60. The van der Waals surface area contributed by atoms with E-state index in [1.54, 1.807) is 6.07 Å². The van der Waals surface area contributed by atoms with Gasteiger partial charge in [-0.2, -0.15) is 9.98 Å². The number of H-pyrrole nitrogens is 1. The number of nitrogens with zero attached hydrogens (tertiary/aromatic N) is 4. The lowest BCUT2D eigenvalue weighted by Gasteiger charge is -2.30. The standard InChI is InChI=1S/C21H20N6O4S/c1-12-8-13(4-7-27(12)20(28)29)18-17-15-3-2-14(9-16(15)25-19(17)24-11-23-18)32(30,31)26-21(10-22)5-6-21/h2-4,9,11-12,26H,5-8H2,1H3,(H,28,29)(H,23,24,25). The van der Waals surface area contributed by atoms with Crippen molar-refractivity contribution in [2.45, 2.75) is 42.7 Å². The van der Waals surface area contributed by atoms with E-state index < -0.39 is 21.7 Å². The molecular weight excluding hydrogens is 432 g/mol. The number of carboxylic acid groups (broad SMARTS) is 1. The number of sulfonamides is 1. The van der Waals surface area contributed by atoms with E-state index in [0.717, 1.165) is 16.3 Å². The molecule has 1 atom stereocenters. The van der Waals surface area contributed by atoms with E-state index in [4.69, 9.17) is 0 Å². The zero-order valence-corrected chi connectivity index (χ0v) is 18.0. The second-order valence-corrected chi connectivity index (χ2v) is 9.98. The van der Waals surface area contributed by atoms with Crippen LogP contribution in [0.5, 0.6) is 0 Å². The minimum atomic E-state index is -3.85. The van der Waals surface area contributed by atoms with Gasteiger partial charge in [0.15, 0.2) is 0 Å². The van der Waals surface area contributed by atoms with Crippen LogP contribution in [0.3, 0.4) is 0 Å². The fraction of sp³-hybridized carbons (Fsp3) is 0.333. The highest BCUT2D eigenvalue weighted by Gasteiger charge is 2.46. The molecule has 1 aromatic carbocycles. The van der Waals surface area contributed by atoms with Crippen molar-refractivity contribution in [2.24, 2.45) is 0 Å². The summed E-state index contributed by atoms with van der Waals surface area (Å²) in [5, 5.41) is 20.1. The van der Waals surface area contributed by atoms with Gasteiger partial charge in [-0.25, -0.2) is 23.2 Å². The lowest BCUT2D eigenvalue weighted by Crippen LogP contribution is -2.40. The van der Waals surface area contributed by atoms with Gasteiger partial charge < -0.3 is 15.0 Å². The number of aromatic nitrogens is 3. The molecule has 0 bridgehead atoms. The first-order valence-corrected chi connectivity index (χ1v) is 11.6. The number of hydrogen-bond acceptors (Lipinski definition) is 6. The molecule has 3 heterocycles. The molecule has 1 unspecified atom stereocenters. The van der Waals surface area contributed by atoms with Gasteiger partial charge in [0, 0.05) is 23.5 Å². The highest BCUT2D eigenvalue weighted by atomic mass is 32.2. The summed E-state index contributed by atoms with van der Waals surface area (Å²) < 4.78 is 28.0. The van der Waals surface area contributed by atoms with E-state index in [1.807, 2.05) is 19.1 Å². The minimum Gasteiger partial charge on any atom is -0.465 e. The molecule has 10 nitrogen and oxygen atoms in total. The maximum absolute atomic E-state index is 12.8. The Morgan fingerprint density at radius 2 is 2.16 bits per heavy atom. The summed E-state index contributed by atoms with van der Waals surface area (Å²) in [6.45, 7) is 2.13. The van der Waals surface area contributed by atoms with E-state index in [1.165, 1.54) is 23.4 Å². The van der Waals surface area contributed by atoms with Gasteiger partial charge in [-0.3, -0.25) is 0 Å². The molecule has 11 heteroatoms. The molecule has 1 aliphatic carbocycles. The number of nitrogens with one attached hydrogen (secondary N) is 2. The lowest BCUT2D eigenvalue weighted by molar-refractivity contribution is 0.133. The van der Waals surface area contributed by atoms with E-state index in [0.29, 0.717) is 36.1 Å². The number of carbonyl (C=O) groups is 1. The van der Waals surface area contributed by atoms with Crippen LogP contribution >= 0.6 is 0 Å². The van der Waals surface area contributed by atoms with Gasteiger partial charge in [-0.1, -0.05) is 12.1 Å². The fourth-order valence-corrected chi connectivity index (χ4v) is 5.56. The first-order chi connectivity index (χ1) is 15.2. The number of hydrogen-bond donors (Lipinski definition) is 3. The van der Waals surface area contributed by atoms with E-state index in [2.05, 4.69) is 19.7 Å². The summed E-state index contributed by atoms with van der Waals surface area (Å²) in [7, 11) is -3.85. The molecule has 2 aliphatic rings. The van der Waals surface area contributed by atoms with Crippen LogP contribution in [0.2, 0.25) is 0 Å². The summed E-state index contributed by atoms with van der Waals surface area (Å²) in [5.41, 5.74) is 1.78. The quantitative estimate of drug-likeness (QED) is 0.550. The van der Waals surface area contributed by atoms with Gasteiger partial charge in [0.2, 0.25) is 10.0 Å². The Morgan fingerprint density at radius 3 is 2.81 bits per heavy atom. The highest BCUT2D eigenvalue weighted by Crippen LogP contribution is 2.37. The predicted molar refractivity (Wildman–Crippen MR) is 116 cm³/mol. The van der Waals surface area contributed by atoms with Crippen molar-refractivity contribution in [3.63, 3.8) is 0 Å². The van der Waals surface area contributed by atoms with Gasteiger partial charge in [0.1, 0.15) is 17.5 Å². The molecule has 1 amide bonds. The molecule has 0 saturated heterocycles. The number of nitriles is 1. The van der Waals surface area contributed by atoms with Gasteiger partial charge in [0.05, 0.1) is 22.0 Å². The Hall–Kier alpha value is -3.49. The third-order valence-corrected chi connectivity index (χ3v) is 7.63. The molecule has 1 aliphatic heterocycles. The second-order valence-electron chi connectivity index (χ2n) is 8.30. The lowest BCUT2D eigenvalue weighted by atomic mass is 9.96. The smallest absolute Gasteiger partial charge is 0.407 e. The molecule has 0 spiro atoms. The maximum Gasteiger partial charge on any atom is 0.407 e. The fourth-order valence-electron chi connectivity index (χ4n) is 4.16. The Morgan fingerprint density at radius 1 is 1.38 bits per heavy atom. The summed E-state index contributed by atoms with van der Waals surface area (Å²) in [6.07, 6.45) is 3.85. The molecule has 164 valence electrons. The zero-order valence-electron chi connectivity index (χ0n) is 17.2. The van der Waals surface area contributed by atoms with Gasteiger partial charge in [0.25, 0.3) is 0 Å². The number of benzene rings is 1. The largest absolute Gasteiger partial charge is 0.465 e. The van der Waals surface area contributed by atoms with Crippen LogP contribution in [0.1, 0.15) is 31.9 Å². The van der Waals surface area contributed by atoms with Crippen LogP contribution in [0, 0.1) is 11.3 Å². The van der Waals surface area contributed by atoms with Crippen LogP contribution in [0.4, 0.5) is 4.79 Å². The van der Waals surface area contributed by atoms with Gasteiger partial charge in [-0.05, 0) is 43.9 Å². The SMILES string of the molecule is CC1CC(c2ncnc3[nH]c4cc(S(=O)(=O)NC5(C#N)CC5)ccc4c23)=CCN1C(=O)O. The Balaban J connectivity index is 1.57. The van der Waals surface area contributed by atoms with Crippen molar-refractivity contribution in [2.75, 3.05) is 6.54 Å². The maximum atomic E-state index is 12.8. The molecule has 2 aromatic heterocycles. The van der Waals surface area contributed by atoms with Crippen LogP contribution in [0.25, 0.3) is 27.5 Å². The third-order valence-electron chi connectivity index (χ3n) is 6.10. The van der Waals surface area contributed by atoms with Crippen molar-refractivity contribution < 1.29 is 18.3 Å². The zero-order chi connectivity index (χ0) is 22.7. The normalized spacial score (nSPS) is 20.2. The molecule has 5 rings (SSSR count). The molecule has 3 N–H and O–H groups in total. The molecule has 0 radical (unpaired) electrons. The molecular formula is C21H20N6O4S. The van der Waals surface area contributed by atoms with E-state index in [9.17, 15) is 23.6 Å². The summed E-state index contributed by atoms with van der Waals surface area (Å²) in [6, 6.07) is 6.58. The van der Waals surface area contributed by atoms with E-state index >= 15 is 0 Å². The minimum absolute atomic E-state index is 0.0650. The molecule has 1 fully saturated rings. The van der Waals surface area contributed by atoms with Crippen molar-refractivity contribution >= 4 is 43.6 Å². The Kier molecular flexibility index (Phi) is 4.47. The molecule has 32 heavy (non-hydrogen) atoms. The van der Waals surface area contributed by atoms with E-state index in [-0.39, 0.29) is 17.5 Å². The highest BCUT2D eigenvalue weighted by molar-refractivity contribution is 7.89. The summed E-state index contributed by atoms with van der Waals surface area (Å²) in [5.74, 6) is 0. The first-order valence-electron chi connectivity index (χ1n) is 10.1. The number of aromatic amines is 1. The topological polar surface area (TPSA) is 152 Å². The van der Waals surface area contributed by atoms with Gasteiger partial charge in [-0.15, -0.1) is 0 Å². The number of amides is 1. The number of fused-ring (bicyclic) bond motifs is 3. The van der Waals surface area contributed by atoms with Crippen LogP contribution in [-0.2, 0) is 10.0 Å². The third kappa shape index (κ3) is 3.28.